The van der Waals surface area contributed by atoms with E-state index in [0.717, 1.165) is 6.54 Å². The number of hydrogen-bond acceptors (Lipinski definition) is 2. The number of thiophene rings is 1. The third-order valence-corrected chi connectivity index (χ3v) is 5.36. The van der Waals surface area contributed by atoms with Crippen LogP contribution in [0.2, 0.25) is 0 Å². The maximum absolute atomic E-state index is 3.61. The van der Waals surface area contributed by atoms with Crippen LogP contribution in [0, 0.1) is 6.92 Å². The Hall–Kier alpha value is -0.160. The molecule has 0 saturated heterocycles. The van der Waals surface area contributed by atoms with Crippen LogP contribution < -0.4 is 5.32 Å². The first-order valence-corrected chi connectivity index (χ1v) is 8.26. The van der Waals surface area contributed by atoms with Gasteiger partial charge in [0, 0.05) is 9.35 Å². The fourth-order valence-electron chi connectivity index (χ4n) is 1.86. The van der Waals surface area contributed by atoms with Gasteiger partial charge in [-0.25, -0.2) is 0 Å². The highest BCUT2D eigenvalue weighted by atomic mass is 79.9. The lowest BCUT2D eigenvalue weighted by Crippen LogP contribution is -2.21. The molecule has 1 atom stereocenters. The molecule has 0 aliphatic carbocycles. The molecule has 0 aliphatic rings. The molecule has 0 bridgehead atoms. The summed E-state index contributed by atoms with van der Waals surface area (Å²) in [6.45, 7) is 5.20. The minimum absolute atomic E-state index is 0.267. The van der Waals surface area contributed by atoms with Gasteiger partial charge >= 0.3 is 0 Å². The first-order valence-electron chi connectivity index (χ1n) is 5.86. The molecule has 1 unspecified atom stereocenters. The third kappa shape index (κ3) is 3.23. The Balaban J connectivity index is 2.37. The van der Waals surface area contributed by atoms with E-state index in [0.29, 0.717) is 0 Å². The van der Waals surface area contributed by atoms with E-state index in [1.165, 1.54) is 24.3 Å². The summed E-state index contributed by atoms with van der Waals surface area (Å²) in [6, 6.07) is 11.1. The second-order valence-corrected chi connectivity index (χ2v) is 7.49. The second kappa shape index (κ2) is 6.33. The standard InChI is InChI=1S/C14H15Br2NS/c1-3-17-14(12-6-7-13(16)18-12)10-5-4-9(2)11(15)8-10/h4-8,14,17H,3H2,1-2H3. The summed E-state index contributed by atoms with van der Waals surface area (Å²) in [7, 11) is 0. The fraction of sp³-hybridized carbons (Fsp3) is 0.286. The Morgan fingerprint density at radius 3 is 2.56 bits per heavy atom. The maximum atomic E-state index is 3.61. The van der Waals surface area contributed by atoms with Crippen molar-refractivity contribution in [2.24, 2.45) is 0 Å². The van der Waals surface area contributed by atoms with Gasteiger partial charge in [-0.3, -0.25) is 0 Å². The fourth-order valence-corrected chi connectivity index (χ4v) is 3.78. The molecule has 4 heteroatoms. The Kier molecular flexibility index (Phi) is 5.01. The smallest absolute Gasteiger partial charge is 0.0702 e. The quantitative estimate of drug-likeness (QED) is 0.751. The lowest BCUT2D eigenvalue weighted by atomic mass is 10.0. The number of rotatable bonds is 4. The number of hydrogen-bond donors (Lipinski definition) is 1. The van der Waals surface area contributed by atoms with Crippen molar-refractivity contribution < 1.29 is 0 Å². The predicted octanol–water partition coefficient (Wildman–Crippen LogP) is 5.28. The normalized spacial score (nSPS) is 12.7. The van der Waals surface area contributed by atoms with E-state index in [4.69, 9.17) is 0 Å². The van der Waals surface area contributed by atoms with Crippen molar-refractivity contribution in [1.82, 2.24) is 5.32 Å². The van der Waals surface area contributed by atoms with Crippen molar-refractivity contribution in [2.45, 2.75) is 19.9 Å². The minimum Gasteiger partial charge on any atom is -0.306 e. The summed E-state index contributed by atoms with van der Waals surface area (Å²) in [5.41, 5.74) is 2.56. The summed E-state index contributed by atoms with van der Waals surface area (Å²) in [4.78, 5) is 1.33. The zero-order valence-electron chi connectivity index (χ0n) is 10.3. The summed E-state index contributed by atoms with van der Waals surface area (Å²) < 4.78 is 2.34. The van der Waals surface area contributed by atoms with Crippen LogP contribution in [0.25, 0.3) is 0 Å². The summed E-state index contributed by atoms with van der Waals surface area (Å²) in [5.74, 6) is 0. The summed E-state index contributed by atoms with van der Waals surface area (Å²) in [6.07, 6.45) is 0. The molecule has 1 nitrogen and oxygen atoms in total. The number of halogens is 2. The zero-order chi connectivity index (χ0) is 13.1. The monoisotopic (exact) mass is 387 g/mol. The minimum atomic E-state index is 0.267. The van der Waals surface area contributed by atoms with Crippen LogP contribution in [0.15, 0.2) is 38.6 Å². The molecule has 1 heterocycles. The van der Waals surface area contributed by atoms with Crippen molar-refractivity contribution in [3.63, 3.8) is 0 Å². The van der Waals surface area contributed by atoms with Crippen LogP contribution in [-0.4, -0.2) is 6.54 Å². The van der Waals surface area contributed by atoms with Gasteiger partial charge in [0.05, 0.1) is 9.83 Å². The van der Waals surface area contributed by atoms with Gasteiger partial charge in [-0.2, -0.15) is 0 Å². The molecule has 2 aromatic rings. The van der Waals surface area contributed by atoms with E-state index >= 15 is 0 Å². The maximum Gasteiger partial charge on any atom is 0.0702 e. The molecule has 2 rings (SSSR count). The van der Waals surface area contributed by atoms with Crippen molar-refractivity contribution in [3.8, 4) is 0 Å². The molecule has 96 valence electrons. The Morgan fingerprint density at radius 2 is 2.00 bits per heavy atom. The zero-order valence-corrected chi connectivity index (χ0v) is 14.3. The second-order valence-electron chi connectivity index (χ2n) is 4.14. The van der Waals surface area contributed by atoms with Gasteiger partial charge in [0.25, 0.3) is 0 Å². The highest BCUT2D eigenvalue weighted by Gasteiger charge is 2.15. The summed E-state index contributed by atoms with van der Waals surface area (Å²) >= 11 is 8.92. The summed E-state index contributed by atoms with van der Waals surface area (Å²) in [5, 5.41) is 3.54. The molecular formula is C14H15Br2NS. The molecule has 1 aromatic heterocycles. The van der Waals surface area contributed by atoms with Crippen LogP contribution in [0.4, 0.5) is 0 Å². The largest absolute Gasteiger partial charge is 0.306 e. The highest BCUT2D eigenvalue weighted by molar-refractivity contribution is 9.11. The first kappa shape index (κ1) is 14.3. The molecule has 0 saturated carbocycles. The van der Waals surface area contributed by atoms with E-state index in [-0.39, 0.29) is 6.04 Å². The average molecular weight is 389 g/mol. The molecule has 0 spiro atoms. The van der Waals surface area contributed by atoms with Crippen LogP contribution in [0.1, 0.15) is 29.0 Å². The Morgan fingerprint density at radius 1 is 1.22 bits per heavy atom. The average Bonchev–Trinajstić information content (AvgIpc) is 2.76. The van der Waals surface area contributed by atoms with Gasteiger partial charge < -0.3 is 5.32 Å². The number of aryl methyl sites for hydroxylation is 1. The predicted molar refractivity (Wildman–Crippen MR) is 86.4 cm³/mol. The van der Waals surface area contributed by atoms with E-state index in [1.807, 2.05) is 0 Å². The SMILES string of the molecule is CCNC(c1ccc(C)c(Br)c1)c1ccc(Br)s1. The Bertz CT molecular complexity index is 536. The van der Waals surface area contributed by atoms with Crippen molar-refractivity contribution >= 4 is 43.2 Å². The lowest BCUT2D eigenvalue weighted by Gasteiger charge is -2.17. The number of nitrogens with one attached hydrogen (secondary N) is 1. The molecule has 1 aromatic carbocycles. The van der Waals surface area contributed by atoms with Gasteiger partial charge in [0.15, 0.2) is 0 Å². The van der Waals surface area contributed by atoms with Gasteiger partial charge in [-0.15, -0.1) is 11.3 Å². The molecule has 0 amide bonds. The molecule has 0 radical (unpaired) electrons. The van der Waals surface area contributed by atoms with Gasteiger partial charge in [-0.1, -0.05) is 35.0 Å². The van der Waals surface area contributed by atoms with Crippen molar-refractivity contribution in [2.75, 3.05) is 6.54 Å². The molecule has 0 fully saturated rings. The first-order chi connectivity index (χ1) is 8.61. The molecule has 18 heavy (non-hydrogen) atoms. The molecule has 1 N–H and O–H groups in total. The van der Waals surface area contributed by atoms with Crippen LogP contribution in [0.5, 0.6) is 0 Å². The van der Waals surface area contributed by atoms with Gasteiger partial charge in [0.2, 0.25) is 0 Å². The van der Waals surface area contributed by atoms with Crippen molar-refractivity contribution in [1.29, 1.82) is 0 Å². The third-order valence-electron chi connectivity index (χ3n) is 2.82. The molecule has 0 aliphatic heterocycles. The lowest BCUT2D eigenvalue weighted by molar-refractivity contribution is 0.639. The highest BCUT2D eigenvalue weighted by Crippen LogP contribution is 2.32. The molecular weight excluding hydrogens is 374 g/mol. The van der Waals surface area contributed by atoms with E-state index in [9.17, 15) is 0 Å². The van der Waals surface area contributed by atoms with Gasteiger partial charge in [-0.05, 0) is 58.7 Å². The Labute approximate surface area is 129 Å². The van der Waals surface area contributed by atoms with Crippen LogP contribution in [-0.2, 0) is 0 Å². The van der Waals surface area contributed by atoms with Crippen LogP contribution >= 0.6 is 43.2 Å². The van der Waals surface area contributed by atoms with E-state index in [1.54, 1.807) is 11.3 Å². The topological polar surface area (TPSA) is 12.0 Å². The number of benzene rings is 1. The van der Waals surface area contributed by atoms with E-state index < -0.39 is 0 Å². The van der Waals surface area contributed by atoms with E-state index in [2.05, 4.69) is 81.4 Å². The van der Waals surface area contributed by atoms with Crippen LogP contribution in [0.3, 0.4) is 0 Å². The van der Waals surface area contributed by atoms with Crippen molar-refractivity contribution in [3.05, 3.63) is 54.6 Å². The van der Waals surface area contributed by atoms with Gasteiger partial charge in [0.1, 0.15) is 0 Å².